The Morgan fingerprint density at radius 1 is 1.09 bits per heavy atom. The lowest BCUT2D eigenvalue weighted by Gasteiger charge is -2.09. The normalized spacial score (nSPS) is 10.8. The van der Waals surface area contributed by atoms with Crippen LogP contribution < -0.4 is 15.8 Å². The van der Waals surface area contributed by atoms with Gasteiger partial charge >= 0.3 is 5.97 Å². The summed E-state index contributed by atoms with van der Waals surface area (Å²) in [5, 5.41) is 12.8. The molecule has 0 amide bonds. The molecule has 0 saturated heterocycles. The number of methoxy groups -OCH3 is 1. The van der Waals surface area contributed by atoms with E-state index in [1.165, 1.54) is 12.1 Å². The quantitative estimate of drug-likeness (QED) is 0.297. The number of carboxylic acid groups (broad SMARTS) is 1. The number of hydrogen-bond donors (Lipinski definition) is 3. The number of aromatic carboxylic acids is 1. The molecule has 0 spiro atoms. The third kappa shape index (κ3) is 3.76. The van der Waals surface area contributed by atoms with Crippen LogP contribution in [0.3, 0.4) is 0 Å². The summed E-state index contributed by atoms with van der Waals surface area (Å²) in [6.07, 6.45) is 1.82. The summed E-state index contributed by atoms with van der Waals surface area (Å²) in [6.45, 7) is 2.43. The second-order valence-corrected chi connectivity index (χ2v) is 7.45. The Morgan fingerprint density at radius 3 is 2.66 bits per heavy atom. The molecule has 4 rings (SSSR count). The van der Waals surface area contributed by atoms with Gasteiger partial charge in [0, 0.05) is 29.6 Å². The Bertz CT molecular complexity index is 1340. The summed E-state index contributed by atoms with van der Waals surface area (Å²) in [5.74, 6) is -0.675. The summed E-state index contributed by atoms with van der Waals surface area (Å²) in [5.41, 5.74) is 10.0. The van der Waals surface area contributed by atoms with E-state index in [4.69, 9.17) is 10.5 Å². The molecule has 0 bridgehead atoms. The van der Waals surface area contributed by atoms with Crippen molar-refractivity contribution in [3.05, 3.63) is 94.8 Å². The molecule has 0 aliphatic carbocycles. The highest BCUT2D eigenvalue weighted by Gasteiger charge is 2.23. The number of hydrogen-bond acceptors (Lipinski definition) is 5. The number of nitrogen functional groups attached to an aromatic ring is 1. The molecule has 4 N–H and O–H groups in total. The topological polar surface area (TPSA) is 106 Å². The molecule has 2 aromatic carbocycles. The third-order valence-electron chi connectivity index (χ3n) is 5.45. The minimum absolute atomic E-state index is 0.0919. The highest BCUT2D eigenvalue weighted by Crippen LogP contribution is 2.31. The van der Waals surface area contributed by atoms with Crippen LogP contribution in [0.5, 0.6) is 5.75 Å². The monoisotopic (exact) mass is 429 g/mol. The van der Waals surface area contributed by atoms with Crippen LogP contribution in [0, 0.1) is 6.92 Å². The van der Waals surface area contributed by atoms with E-state index in [9.17, 15) is 14.7 Å². The van der Waals surface area contributed by atoms with E-state index in [0.29, 0.717) is 12.2 Å². The first kappa shape index (κ1) is 21.0. The smallest absolute Gasteiger partial charge is 0.337 e. The number of ketones is 1. The number of carboxylic acids is 1. The van der Waals surface area contributed by atoms with Crippen molar-refractivity contribution in [3.8, 4) is 5.75 Å². The molecular formula is C25H23N3O4. The largest absolute Gasteiger partial charge is 0.497 e. The first-order valence-corrected chi connectivity index (χ1v) is 10.0. The number of aromatic nitrogens is 1. The lowest BCUT2D eigenvalue weighted by molar-refractivity contribution is 0.0698. The summed E-state index contributed by atoms with van der Waals surface area (Å²) >= 11 is 0. The van der Waals surface area contributed by atoms with E-state index in [2.05, 4.69) is 5.32 Å². The maximum Gasteiger partial charge on any atom is 0.337 e. The van der Waals surface area contributed by atoms with Gasteiger partial charge in [-0.15, -0.1) is 0 Å². The van der Waals surface area contributed by atoms with Gasteiger partial charge in [-0.2, -0.15) is 0 Å². The highest BCUT2D eigenvalue weighted by atomic mass is 16.5. The number of pyridine rings is 1. The van der Waals surface area contributed by atoms with Gasteiger partial charge in [-0.25, -0.2) is 4.79 Å². The zero-order valence-corrected chi connectivity index (χ0v) is 17.8. The van der Waals surface area contributed by atoms with Gasteiger partial charge in [0.25, 0.3) is 0 Å². The number of anilines is 2. The van der Waals surface area contributed by atoms with Gasteiger partial charge in [-0.1, -0.05) is 18.2 Å². The molecule has 0 unspecified atom stereocenters. The van der Waals surface area contributed by atoms with Crippen molar-refractivity contribution in [2.24, 2.45) is 0 Å². The zero-order valence-electron chi connectivity index (χ0n) is 17.8. The van der Waals surface area contributed by atoms with Gasteiger partial charge in [0.15, 0.2) is 0 Å². The minimum Gasteiger partial charge on any atom is -0.497 e. The highest BCUT2D eigenvalue weighted by molar-refractivity contribution is 6.12. The van der Waals surface area contributed by atoms with Crippen molar-refractivity contribution >= 4 is 28.6 Å². The molecular weight excluding hydrogens is 406 g/mol. The molecule has 32 heavy (non-hydrogen) atoms. The van der Waals surface area contributed by atoms with Gasteiger partial charge in [0.2, 0.25) is 5.78 Å². The van der Waals surface area contributed by atoms with Gasteiger partial charge in [0.05, 0.1) is 29.6 Å². The molecule has 0 fully saturated rings. The molecule has 0 aliphatic rings. The van der Waals surface area contributed by atoms with Crippen LogP contribution in [0.25, 0.3) is 5.52 Å². The number of nitrogens with two attached hydrogens (primary N) is 1. The Labute approximate surface area is 185 Å². The molecule has 4 aromatic rings. The van der Waals surface area contributed by atoms with Crippen molar-refractivity contribution in [1.82, 2.24) is 4.40 Å². The molecule has 162 valence electrons. The van der Waals surface area contributed by atoms with Crippen LogP contribution in [0.2, 0.25) is 0 Å². The van der Waals surface area contributed by atoms with Gasteiger partial charge < -0.3 is 25.3 Å². The van der Waals surface area contributed by atoms with E-state index in [1.807, 2.05) is 60.0 Å². The fourth-order valence-electron chi connectivity index (χ4n) is 3.83. The number of carbonyl (C=O) groups excluding carboxylic acids is 1. The van der Waals surface area contributed by atoms with E-state index >= 15 is 0 Å². The fraction of sp³-hybridized carbons (Fsp3) is 0.120. The van der Waals surface area contributed by atoms with Crippen molar-refractivity contribution < 1.29 is 19.4 Å². The van der Waals surface area contributed by atoms with Crippen molar-refractivity contribution in [1.29, 1.82) is 0 Å². The minimum atomic E-state index is -1.17. The fourth-order valence-corrected chi connectivity index (χ4v) is 3.83. The molecule has 0 aliphatic heterocycles. The van der Waals surface area contributed by atoms with Crippen molar-refractivity contribution in [2.75, 3.05) is 18.2 Å². The molecule has 7 heteroatoms. The summed E-state index contributed by atoms with van der Waals surface area (Å²) in [4.78, 5) is 24.9. The van der Waals surface area contributed by atoms with E-state index < -0.39 is 5.97 Å². The third-order valence-corrected chi connectivity index (χ3v) is 5.45. The first-order chi connectivity index (χ1) is 15.4. The number of carbonyl (C=O) groups is 2. The van der Waals surface area contributed by atoms with Crippen LogP contribution in [0.15, 0.2) is 66.9 Å². The van der Waals surface area contributed by atoms with Crippen LogP contribution in [-0.4, -0.2) is 28.4 Å². The van der Waals surface area contributed by atoms with Gasteiger partial charge in [0.1, 0.15) is 5.75 Å². The first-order valence-electron chi connectivity index (χ1n) is 10.0. The Kier molecular flexibility index (Phi) is 5.55. The average Bonchev–Trinajstić information content (AvgIpc) is 3.08. The molecule has 0 saturated carbocycles. The summed E-state index contributed by atoms with van der Waals surface area (Å²) < 4.78 is 7.11. The number of fused-ring (bicyclic) bond motifs is 1. The summed E-state index contributed by atoms with van der Waals surface area (Å²) in [7, 11) is 1.63. The lowest BCUT2D eigenvalue weighted by atomic mass is 10.0. The van der Waals surface area contributed by atoms with Crippen molar-refractivity contribution in [2.45, 2.75) is 13.5 Å². The van der Waals surface area contributed by atoms with Gasteiger partial charge in [-0.3, -0.25) is 4.79 Å². The van der Waals surface area contributed by atoms with Crippen LogP contribution >= 0.6 is 0 Å². The number of rotatable bonds is 7. The van der Waals surface area contributed by atoms with Crippen LogP contribution in [0.4, 0.5) is 11.4 Å². The van der Waals surface area contributed by atoms with E-state index in [0.717, 1.165) is 28.1 Å². The predicted octanol–water partition coefficient (Wildman–Crippen LogP) is 4.38. The SMILES string of the molecule is COc1cccc(CNc2c(C)c(C(=O)c3ccc(N)c(C(=O)O)c3)n3ccccc23)c1. The maximum absolute atomic E-state index is 13.4. The Hall–Kier alpha value is -4.26. The second kappa shape index (κ2) is 8.47. The standard InChI is InChI=1S/C25H23N3O4/c1-15-22(27-14-16-6-5-7-18(12-16)32-2)21-8-3-4-11-28(21)23(15)24(29)17-9-10-20(26)19(13-17)25(30)31/h3-13,27H,14,26H2,1-2H3,(H,30,31). The predicted molar refractivity (Wildman–Crippen MR) is 124 cm³/mol. The Balaban J connectivity index is 1.75. The van der Waals surface area contributed by atoms with E-state index in [-0.39, 0.29) is 22.6 Å². The molecule has 0 radical (unpaired) electrons. The van der Waals surface area contributed by atoms with Crippen LogP contribution in [-0.2, 0) is 6.54 Å². The zero-order chi connectivity index (χ0) is 22.8. The molecule has 2 heterocycles. The number of nitrogens with zero attached hydrogens (tertiary/aromatic N) is 1. The molecule has 0 atom stereocenters. The van der Waals surface area contributed by atoms with Crippen LogP contribution in [0.1, 0.15) is 37.5 Å². The average molecular weight is 429 g/mol. The summed E-state index contributed by atoms with van der Waals surface area (Å²) in [6, 6.07) is 17.8. The number of nitrogens with one attached hydrogen (secondary N) is 1. The number of benzene rings is 2. The Morgan fingerprint density at radius 2 is 1.91 bits per heavy atom. The second-order valence-electron chi connectivity index (χ2n) is 7.45. The maximum atomic E-state index is 13.4. The molecule has 2 aromatic heterocycles. The molecule has 7 nitrogen and oxygen atoms in total. The number of ether oxygens (including phenoxy) is 1. The lowest BCUT2D eigenvalue weighted by Crippen LogP contribution is -2.10. The van der Waals surface area contributed by atoms with E-state index in [1.54, 1.807) is 13.2 Å². The van der Waals surface area contributed by atoms with Crippen molar-refractivity contribution in [3.63, 3.8) is 0 Å². The van der Waals surface area contributed by atoms with Gasteiger partial charge in [-0.05, 0) is 55.0 Å².